The molecule has 0 aromatic heterocycles. The molecule has 0 radical (unpaired) electrons. The van der Waals surface area contributed by atoms with Gasteiger partial charge in [-0.1, -0.05) is 6.07 Å². The fourth-order valence-electron chi connectivity index (χ4n) is 2.50. The van der Waals surface area contributed by atoms with E-state index in [4.69, 9.17) is 0 Å². The van der Waals surface area contributed by atoms with Gasteiger partial charge in [-0.3, -0.25) is 4.99 Å². The molecule has 0 aliphatic carbocycles. The largest absolute Gasteiger partial charge is 0.352 e. The lowest BCUT2D eigenvalue weighted by molar-refractivity contribution is 0.353. The van der Waals surface area contributed by atoms with Gasteiger partial charge in [0.25, 0.3) is 0 Å². The van der Waals surface area contributed by atoms with E-state index in [1.807, 2.05) is 4.90 Å². The molecule has 23 heavy (non-hydrogen) atoms. The summed E-state index contributed by atoms with van der Waals surface area (Å²) in [6, 6.07) is 3.39. The van der Waals surface area contributed by atoms with Crippen LogP contribution in [0.3, 0.4) is 0 Å². The second-order valence-corrected chi connectivity index (χ2v) is 8.88. The van der Waals surface area contributed by atoms with Crippen LogP contribution in [-0.2, 0) is 16.4 Å². The smallest absolute Gasteiger partial charge is 0.193 e. The zero-order valence-corrected chi connectivity index (χ0v) is 14.3. The Bertz CT molecular complexity index is 717. The Labute approximate surface area is 135 Å². The topological polar surface area (TPSA) is 61.8 Å². The minimum atomic E-state index is -3.14. The van der Waals surface area contributed by atoms with Gasteiger partial charge in [-0.2, -0.15) is 0 Å². The third-order valence-electron chi connectivity index (χ3n) is 4.01. The van der Waals surface area contributed by atoms with Gasteiger partial charge < -0.3 is 10.2 Å². The summed E-state index contributed by atoms with van der Waals surface area (Å²) in [5.74, 6) is -0.712. The van der Waals surface area contributed by atoms with Gasteiger partial charge >= 0.3 is 0 Å². The molecule has 5 nitrogen and oxygen atoms in total. The van der Waals surface area contributed by atoms with Crippen molar-refractivity contribution >= 4 is 15.8 Å². The zero-order chi connectivity index (χ0) is 17.3. The normalized spacial score (nSPS) is 20.4. The van der Waals surface area contributed by atoms with Crippen molar-refractivity contribution in [1.29, 1.82) is 0 Å². The van der Waals surface area contributed by atoms with Crippen LogP contribution in [-0.4, -0.2) is 49.9 Å². The second kappa shape index (κ2) is 6.43. The SMILES string of the molecule is CN=C(NCc1ccc(F)cc1F)N1CCS(=O)(=O)C(C)(C)C1. The van der Waals surface area contributed by atoms with Crippen molar-refractivity contribution in [3.05, 3.63) is 35.4 Å². The molecule has 0 bridgehead atoms. The van der Waals surface area contributed by atoms with E-state index in [-0.39, 0.29) is 12.3 Å². The predicted octanol–water partition coefficient (Wildman–Crippen LogP) is 1.55. The number of rotatable bonds is 2. The number of nitrogens with one attached hydrogen (secondary N) is 1. The molecule has 0 saturated carbocycles. The maximum atomic E-state index is 13.7. The average Bonchev–Trinajstić information content (AvgIpc) is 2.45. The van der Waals surface area contributed by atoms with Gasteiger partial charge in [-0.15, -0.1) is 0 Å². The fourth-order valence-corrected chi connectivity index (χ4v) is 3.86. The molecule has 1 aromatic carbocycles. The summed E-state index contributed by atoms with van der Waals surface area (Å²) >= 11 is 0. The molecule has 1 fully saturated rings. The van der Waals surface area contributed by atoms with E-state index in [9.17, 15) is 17.2 Å². The maximum Gasteiger partial charge on any atom is 0.193 e. The Morgan fingerprint density at radius 2 is 2.09 bits per heavy atom. The molecule has 1 N–H and O–H groups in total. The molecule has 0 spiro atoms. The number of sulfone groups is 1. The molecule has 128 valence electrons. The first-order valence-electron chi connectivity index (χ1n) is 7.28. The highest BCUT2D eigenvalue weighted by molar-refractivity contribution is 7.92. The van der Waals surface area contributed by atoms with Crippen LogP contribution in [0.4, 0.5) is 8.78 Å². The van der Waals surface area contributed by atoms with Crippen molar-refractivity contribution in [3.63, 3.8) is 0 Å². The molecular weight excluding hydrogens is 324 g/mol. The van der Waals surface area contributed by atoms with Crippen LogP contribution < -0.4 is 5.32 Å². The van der Waals surface area contributed by atoms with Crippen LogP contribution in [0.25, 0.3) is 0 Å². The van der Waals surface area contributed by atoms with Crippen molar-refractivity contribution in [2.75, 3.05) is 25.9 Å². The Hall–Kier alpha value is -1.70. The van der Waals surface area contributed by atoms with Crippen LogP contribution >= 0.6 is 0 Å². The average molecular weight is 345 g/mol. The van der Waals surface area contributed by atoms with Crippen molar-refractivity contribution < 1.29 is 17.2 Å². The lowest BCUT2D eigenvalue weighted by atomic mass is 10.2. The van der Waals surface area contributed by atoms with E-state index in [1.54, 1.807) is 20.9 Å². The van der Waals surface area contributed by atoms with Crippen LogP contribution in [0.15, 0.2) is 23.2 Å². The molecular formula is C15H21F2N3O2S. The quantitative estimate of drug-likeness (QED) is 0.653. The fraction of sp³-hybridized carbons (Fsp3) is 0.533. The van der Waals surface area contributed by atoms with Gasteiger partial charge in [0.15, 0.2) is 15.8 Å². The molecule has 2 rings (SSSR count). The molecule has 1 aliphatic rings. The van der Waals surface area contributed by atoms with Crippen molar-refractivity contribution in [1.82, 2.24) is 10.2 Å². The summed E-state index contributed by atoms with van der Waals surface area (Å²) in [6.45, 7) is 4.14. The summed E-state index contributed by atoms with van der Waals surface area (Å²) in [5.41, 5.74) is 0.316. The predicted molar refractivity (Wildman–Crippen MR) is 86.0 cm³/mol. The molecule has 1 aliphatic heterocycles. The molecule has 0 unspecified atom stereocenters. The molecule has 1 saturated heterocycles. The number of nitrogens with zero attached hydrogens (tertiary/aromatic N) is 2. The maximum absolute atomic E-state index is 13.7. The van der Waals surface area contributed by atoms with E-state index in [2.05, 4.69) is 10.3 Å². The lowest BCUT2D eigenvalue weighted by Gasteiger charge is -2.39. The van der Waals surface area contributed by atoms with Gasteiger partial charge in [0.1, 0.15) is 11.6 Å². The summed E-state index contributed by atoms with van der Waals surface area (Å²) in [5, 5.41) is 3.00. The van der Waals surface area contributed by atoms with Gasteiger partial charge in [0, 0.05) is 38.3 Å². The first-order valence-corrected chi connectivity index (χ1v) is 8.93. The Balaban J connectivity index is 2.07. The number of halogens is 2. The summed E-state index contributed by atoms with van der Waals surface area (Å²) in [4.78, 5) is 5.96. The highest BCUT2D eigenvalue weighted by Crippen LogP contribution is 2.23. The number of hydrogen-bond donors (Lipinski definition) is 1. The highest BCUT2D eigenvalue weighted by atomic mass is 32.2. The van der Waals surface area contributed by atoms with E-state index in [0.717, 1.165) is 6.07 Å². The van der Waals surface area contributed by atoms with E-state index < -0.39 is 26.2 Å². The summed E-state index contributed by atoms with van der Waals surface area (Å²) in [6.07, 6.45) is 0. The number of aliphatic imine (C=N–C) groups is 1. The Kier molecular flexibility index (Phi) is 4.93. The first-order chi connectivity index (χ1) is 10.7. The van der Waals surface area contributed by atoms with Crippen molar-refractivity contribution in [3.8, 4) is 0 Å². The molecule has 8 heteroatoms. The van der Waals surface area contributed by atoms with Gasteiger partial charge in [-0.05, 0) is 19.9 Å². The van der Waals surface area contributed by atoms with E-state index >= 15 is 0 Å². The van der Waals surface area contributed by atoms with E-state index in [0.29, 0.717) is 24.6 Å². The monoisotopic (exact) mass is 345 g/mol. The van der Waals surface area contributed by atoms with Crippen LogP contribution in [0.5, 0.6) is 0 Å². The van der Waals surface area contributed by atoms with Gasteiger partial charge in [0.05, 0.1) is 10.5 Å². The molecule has 0 amide bonds. The highest BCUT2D eigenvalue weighted by Gasteiger charge is 2.40. The first kappa shape index (κ1) is 17.7. The molecule has 1 heterocycles. The zero-order valence-electron chi connectivity index (χ0n) is 13.4. The second-order valence-electron chi connectivity index (χ2n) is 6.14. The van der Waals surface area contributed by atoms with Crippen LogP contribution in [0.2, 0.25) is 0 Å². The number of benzene rings is 1. The third kappa shape index (κ3) is 3.80. The number of hydrogen-bond acceptors (Lipinski definition) is 3. The minimum absolute atomic E-state index is 0.0472. The van der Waals surface area contributed by atoms with Crippen molar-refractivity contribution in [2.45, 2.75) is 25.1 Å². The van der Waals surface area contributed by atoms with Crippen LogP contribution in [0.1, 0.15) is 19.4 Å². The third-order valence-corrected chi connectivity index (χ3v) is 6.54. The molecule has 1 aromatic rings. The minimum Gasteiger partial charge on any atom is -0.352 e. The summed E-state index contributed by atoms with van der Waals surface area (Å²) < 4.78 is 49.8. The summed E-state index contributed by atoms with van der Waals surface area (Å²) in [7, 11) is -1.56. The van der Waals surface area contributed by atoms with Crippen LogP contribution in [0, 0.1) is 11.6 Å². The van der Waals surface area contributed by atoms with Gasteiger partial charge in [-0.25, -0.2) is 17.2 Å². The Morgan fingerprint density at radius 3 is 2.65 bits per heavy atom. The van der Waals surface area contributed by atoms with E-state index in [1.165, 1.54) is 12.1 Å². The van der Waals surface area contributed by atoms with Gasteiger partial charge in [0.2, 0.25) is 0 Å². The standard InChI is InChI=1S/C15H21F2N3O2S/c1-15(2)10-20(6-7-23(15,21)22)14(18-3)19-9-11-4-5-12(16)8-13(11)17/h4-5,8H,6-7,9-10H2,1-3H3,(H,18,19). The lowest BCUT2D eigenvalue weighted by Crippen LogP contribution is -2.57. The Morgan fingerprint density at radius 1 is 1.39 bits per heavy atom. The number of guanidine groups is 1. The van der Waals surface area contributed by atoms with Crippen molar-refractivity contribution in [2.24, 2.45) is 4.99 Å². The molecule has 0 atom stereocenters.